The van der Waals surface area contributed by atoms with Crippen molar-refractivity contribution in [3.63, 3.8) is 0 Å². The van der Waals surface area contributed by atoms with E-state index in [1.807, 2.05) is 47.8 Å². The van der Waals surface area contributed by atoms with Crippen LogP contribution < -0.4 is 5.43 Å². The quantitative estimate of drug-likeness (QED) is 0.391. The minimum Gasteiger partial charge on any atom is -0.475 e. The molecule has 1 saturated carbocycles. The summed E-state index contributed by atoms with van der Waals surface area (Å²) in [5.74, 6) is -2.07. The number of hydrogen-bond donors (Lipinski definition) is 2. The fourth-order valence-corrected chi connectivity index (χ4v) is 4.76. The molecule has 0 aliphatic heterocycles. The van der Waals surface area contributed by atoms with Gasteiger partial charge in [-0.05, 0) is 30.5 Å². The number of hydrogen-bond acceptors (Lipinski definition) is 5. The second kappa shape index (κ2) is 9.87. The van der Waals surface area contributed by atoms with E-state index in [-0.39, 0.29) is 5.91 Å². The number of para-hydroxylation sites is 2. The molecule has 1 amide bonds. The van der Waals surface area contributed by atoms with Gasteiger partial charge in [0.25, 0.3) is 0 Å². The predicted molar refractivity (Wildman–Crippen MR) is 125 cm³/mol. The van der Waals surface area contributed by atoms with E-state index >= 15 is 0 Å². The molecule has 35 heavy (non-hydrogen) atoms. The number of aliphatic carboxylic acids is 1. The molecule has 0 spiro atoms. The summed E-state index contributed by atoms with van der Waals surface area (Å²) >= 11 is 1.52. The molecule has 2 N–H and O–H groups in total. The molecule has 2 aromatic heterocycles. The number of alkyl halides is 3. The van der Waals surface area contributed by atoms with Crippen molar-refractivity contribution >= 4 is 34.2 Å². The van der Waals surface area contributed by atoms with E-state index < -0.39 is 17.6 Å². The first-order valence-corrected chi connectivity index (χ1v) is 11.7. The molecule has 1 aliphatic rings. The Morgan fingerprint density at radius 3 is 2.26 bits per heavy atom. The van der Waals surface area contributed by atoms with E-state index in [2.05, 4.69) is 22.5 Å². The summed E-state index contributed by atoms with van der Waals surface area (Å²) < 4.78 is 33.5. The van der Waals surface area contributed by atoms with Crippen LogP contribution in [0.25, 0.3) is 22.6 Å². The molecule has 0 saturated heterocycles. The summed E-state index contributed by atoms with van der Waals surface area (Å²) in [7, 11) is 0. The van der Waals surface area contributed by atoms with Crippen molar-refractivity contribution < 1.29 is 27.9 Å². The number of nitrogens with zero attached hydrogens (tertiary/aromatic N) is 3. The summed E-state index contributed by atoms with van der Waals surface area (Å²) in [5.41, 5.74) is 8.04. The minimum absolute atomic E-state index is 0.0239. The predicted octanol–water partition coefficient (Wildman–Crippen LogP) is 5.38. The minimum atomic E-state index is -5.08. The van der Waals surface area contributed by atoms with Crippen molar-refractivity contribution in [3.8, 4) is 11.5 Å². The Hall–Kier alpha value is -3.73. The third-order valence-electron chi connectivity index (χ3n) is 5.90. The summed E-state index contributed by atoms with van der Waals surface area (Å²) in [4.78, 5) is 31.6. The number of benzene rings is 2. The highest BCUT2D eigenvalue weighted by Crippen LogP contribution is 2.41. The normalized spacial score (nSPS) is 14.8. The molecule has 0 unspecified atom stereocenters. The van der Waals surface area contributed by atoms with E-state index in [0.717, 1.165) is 48.0 Å². The molecule has 5 rings (SSSR count). The lowest BCUT2D eigenvalue weighted by atomic mass is 9.78. The molecule has 0 radical (unpaired) electrons. The van der Waals surface area contributed by atoms with Gasteiger partial charge in [-0.1, -0.05) is 55.3 Å². The molecule has 0 atom stereocenters. The lowest BCUT2D eigenvalue weighted by Gasteiger charge is -2.28. The zero-order valence-corrected chi connectivity index (χ0v) is 19.1. The molecule has 7 nitrogen and oxygen atoms in total. The first-order valence-electron chi connectivity index (χ1n) is 10.8. The van der Waals surface area contributed by atoms with Gasteiger partial charge in [0.05, 0.1) is 22.0 Å². The summed E-state index contributed by atoms with van der Waals surface area (Å²) in [6, 6.07) is 18.0. The number of fused-ring (bicyclic) bond motifs is 1. The number of amides is 1. The Morgan fingerprint density at radius 2 is 1.66 bits per heavy atom. The molecule has 1 aliphatic carbocycles. The Kier molecular flexibility index (Phi) is 6.88. The molecule has 0 bridgehead atoms. The number of carbonyl (C=O) groups is 2. The van der Waals surface area contributed by atoms with Crippen LogP contribution >= 0.6 is 11.3 Å². The number of aromatic nitrogens is 3. The van der Waals surface area contributed by atoms with Crippen LogP contribution in [0, 0.1) is 0 Å². The van der Waals surface area contributed by atoms with Crippen LogP contribution in [0.4, 0.5) is 13.2 Å². The molecule has 2 heterocycles. The maximum Gasteiger partial charge on any atom is 0.490 e. The van der Waals surface area contributed by atoms with Crippen LogP contribution in [0.5, 0.6) is 0 Å². The van der Waals surface area contributed by atoms with E-state index in [1.165, 1.54) is 11.3 Å². The van der Waals surface area contributed by atoms with Gasteiger partial charge >= 0.3 is 12.1 Å². The number of carboxylic acid groups (broad SMARTS) is 1. The number of rotatable bonds is 4. The first kappa shape index (κ1) is 24.4. The zero-order valence-electron chi connectivity index (χ0n) is 18.3. The number of thiazole rings is 1. The highest BCUT2D eigenvalue weighted by Gasteiger charge is 2.43. The van der Waals surface area contributed by atoms with Gasteiger partial charge in [-0.3, -0.25) is 10.2 Å². The molecule has 1 fully saturated rings. The van der Waals surface area contributed by atoms with Crippen molar-refractivity contribution in [2.75, 3.05) is 5.43 Å². The highest BCUT2D eigenvalue weighted by atomic mass is 32.1. The second-order valence-electron chi connectivity index (χ2n) is 8.03. The number of carbonyl (C=O) groups excluding carboxylic acids is 1. The van der Waals surface area contributed by atoms with Crippen molar-refractivity contribution in [3.05, 3.63) is 71.1 Å². The molecule has 182 valence electrons. The fourth-order valence-electron chi connectivity index (χ4n) is 4.23. The molecular weight excluding hydrogens is 481 g/mol. The topological polar surface area (TPSA) is 97.1 Å². The SMILES string of the molecule is O=C(Nn1c(-c2cscn2)nc2ccccc21)C1(c2ccccc2)CCCC1.O=C(O)C(F)(F)F. The summed E-state index contributed by atoms with van der Waals surface area (Å²) in [6.07, 6.45) is -1.24. The van der Waals surface area contributed by atoms with Crippen LogP contribution in [0.2, 0.25) is 0 Å². The average Bonchev–Trinajstić information content (AvgIpc) is 3.60. The highest BCUT2D eigenvalue weighted by molar-refractivity contribution is 7.07. The van der Waals surface area contributed by atoms with E-state index in [0.29, 0.717) is 5.82 Å². The lowest BCUT2D eigenvalue weighted by Crippen LogP contribution is -2.41. The fraction of sp³-hybridized carbons (Fsp3) is 0.250. The molecular formula is C24H21F3N4O3S. The van der Waals surface area contributed by atoms with Gasteiger partial charge in [-0.15, -0.1) is 11.3 Å². The maximum absolute atomic E-state index is 13.6. The van der Waals surface area contributed by atoms with Crippen molar-refractivity contribution in [2.45, 2.75) is 37.3 Å². The smallest absolute Gasteiger partial charge is 0.475 e. The molecule has 11 heteroatoms. The van der Waals surface area contributed by atoms with Gasteiger partial charge in [0.1, 0.15) is 5.69 Å². The number of nitrogens with one attached hydrogen (secondary N) is 1. The first-order chi connectivity index (χ1) is 16.7. The lowest BCUT2D eigenvalue weighted by molar-refractivity contribution is -0.192. The Morgan fingerprint density at radius 1 is 1.03 bits per heavy atom. The van der Waals surface area contributed by atoms with Gasteiger partial charge in [0, 0.05) is 5.38 Å². The second-order valence-corrected chi connectivity index (χ2v) is 8.75. The maximum atomic E-state index is 13.6. The van der Waals surface area contributed by atoms with E-state index in [9.17, 15) is 18.0 Å². The Balaban J connectivity index is 0.000000364. The molecule has 4 aromatic rings. The third-order valence-corrected chi connectivity index (χ3v) is 6.48. The Labute approximate surface area is 202 Å². The van der Waals surface area contributed by atoms with Crippen molar-refractivity contribution in [2.24, 2.45) is 0 Å². The van der Waals surface area contributed by atoms with Crippen LogP contribution in [0.1, 0.15) is 31.2 Å². The number of carboxylic acids is 1. The van der Waals surface area contributed by atoms with Gasteiger partial charge in [0.2, 0.25) is 5.91 Å². The van der Waals surface area contributed by atoms with Crippen LogP contribution in [0.3, 0.4) is 0 Å². The summed E-state index contributed by atoms with van der Waals surface area (Å²) in [6.45, 7) is 0. The van der Waals surface area contributed by atoms with Crippen LogP contribution in [-0.2, 0) is 15.0 Å². The standard InChI is InChI=1S/C22H20N4OS.C2HF3O2/c27-21(22(12-6-7-13-22)16-8-2-1-3-9-16)25-26-19-11-5-4-10-17(19)24-20(26)18-14-28-15-23-18;3-2(4,5)1(6)7/h1-5,8-11,14-15H,6-7,12-13H2,(H,25,27);(H,6,7). The largest absolute Gasteiger partial charge is 0.490 e. The van der Waals surface area contributed by atoms with Gasteiger partial charge in [-0.25, -0.2) is 19.4 Å². The van der Waals surface area contributed by atoms with Crippen molar-refractivity contribution in [1.29, 1.82) is 0 Å². The van der Waals surface area contributed by atoms with Crippen LogP contribution in [0.15, 0.2) is 65.5 Å². The van der Waals surface area contributed by atoms with Gasteiger partial charge in [0.15, 0.2) is 5.82 Å². The van der Waals surface area contributed by atoms with Crippen LogP contribution in [-0.4, -0.2) is 37.8 Å². The Bertz CT molecular complexity index is 1320. The van der Waals surface area contributed by atoms with Crippen molar-refractivity contribution in [1.82, 2.24) is 14.6 Å². The molecule has 2 aromatic carbocycles. The van der Waals surface area contributed by atoms with Gasteiger partial charge < -0.3 is 5.11 Å². The zero-order chi connectivity index (χ0) is 25.1. The van der Waals surface area contributed by atoms with E-state index in [1.54, 1.807) is 10.2 Å². The monoisotopic (exact) mass is 502 g/mol. The summed E-state index contributed by atoms with van der Waals surface area (Å²) in [5, 5.41) is 9.08. The number of imidazole rings is 1. The van der Waals surface area contributed by atoms with E-state index in [4.69, 9.17) is 14.9 Å². The third kappa shape index (κ3) is 5.04. The average molecular weight is 503 g/mol. The van der Waals surface area contributed by atoms with Gasteiger partial charge in [-0.2, -0.15) is 13.2 Å². The number of halogens is 3.